The zero-order valence-electron chi connectivity index (χ0n) is 11.2. The van der Waals surface area contributed by atoms with E-state index in [1.165, 1.54) is 32.5 Å². The van der Waals surface area contributed by atoms with Gasteiger partial charge in [-0.3, -0.25) is 0 Å². The molecule has 102 valence electrons. The summed E-state index contributed by atoms with van der Waals surface area (Å²) in [6.07, 6.45) is 5.33. The van der Waals surface area contributed by atoms with Gasteiger partial charge in [0, 0.05) is 26.3 Å². The largest absolute Gasteiger partial charge is 0.468 e. The van der Waals surface area contributed by atoms with Gasteiger partial charge in [0.05, 0.1) is 12.8 Å². The number of nitrogens with zero attached hydrogens (tertiary/aromatic N) is 1. The number of hydrogen-bond acceptors (Lipinski definition) is 4. The van der Waals surface area contributed by atoms with E-state index in [2.05, 4.69) is 10.2 Å². The SMILES string of the molecule is COCCCN1CCC(NCc2ccco2)CC1. The van der Waals surface area contributed by atoms with Gasteiger partial charge in [-0.25, -0.2) is 0 Å². The molecule has 1 aromatic heterocycles. The summed E-state index contributed by atoms with van der Waals surface area (Å²) in [6.45, 7) is 5.27. The molecule has 4 nitrogen and oxygen atoms in total. The quantitative estimate of drug-likeness (QED) is 0.752. The van der Waals surface area contributed by atoms with E-state index < -0.39 is 0 Å². The first kappa shape index (κ1) is 13.6. The van der Waals surface area contributed by atoms with Crippen molar-refractivity contribution in [2.24, 2.45) is 0 Å². The van der Waals surface area contributed by atoms with Crippen LogP contribution in [-0.2, 0) is 11.3 Å². The van der Waals surface area contributed by atoms with Crippen molar-refractivity contribution in [1.29, 1.82) is 0 Å². The molecule has 0 aliphatic carbocycles. The molecular weight excluding hydrogens is 228 g/mol. The fourth-order valence-electron chi connectivity index (χ4n) is 2.45. The van der Waals surface area contributed by atoms with Crippen molar-refractivity contribution >= 4 is 0 Å². The van der Waals surface area contributed by atoms with Gasteiger partial charge in [-0.2, -0.15) is 0 Å². The average molecular weight is 252 g/mol. The lowest BCUT2D eigenvalue weighted by Gasteiger charge is -2.32. The Bertz CT molecular complexity index is 306. The van der Waals surface area contributed by atoms with Crippen LogP contribution in [0.3, 0.4) is 0 Å². The predicted molar refractivity (Wildman–Crippen MR) is 71.5 cm³/mol. The normalized spacial score (nSPS) is 18.3. The maximum absolute atomic E-state index is 5.32. The van der Waals surface area contributed by atoms with E-state index in [0.29, 0.717) is 6.04 Å². The zero-order valence-corrected chi connectivity index (χ0v) is 11.2. The third-order valence-corrected chi connectivity index (χ3v) is 3.56. The average Bonchev–Trinajstić information content (AvgIpc) is 2.91. The molecule has 0 unspecified atom stereocenters. The summed E-state index contributed by atoms with van der Waals surface area (Å²) in [6, 6.07) is 4.59. The Morgan fingerprint density at radius 2 is 2.28 bits per heavy atom. The van der Waals surface area contributed by atoms with Crippen LogP contribution in [-0.4, -0.2) is 44.3 Å². The van der Waals surface area contributed by atoms with Gasteiger partial charge in [-0.1, -0.05) is 0 Å². The lowest BCUT2D eigenvalue weighted by atomic mass is 10.0. The van der Waals surface area contributed by atoms with Crippen LogP contribution in [0.25, 0.3) is 0 Å². The smallest absolute Gasteiger partial charge is 0.117 e. The molecule has 0 aromatic carbocycles. The number of hydrogen-bond donors (Lipinski definition) is 1. The van der Waals surface area contributed by atoms with Gasteiger partial charge < -0.3 is 19.4 Å². The predicted octanol–water partition coefficient (Wildman–Crippen LogP) is 1.87. The van der Waals surface area contributed by atoms with Crippen LogP contribution in [0.15, 0.2) is 22.8 Å². The molecule has 0 amide bonds. The topological polar surface area (TPSA) is 37.6 Å². The minimum absolute atomic E-state index is 0.633. The second-order valence-electron chi connectivity index (χ2n) is 4.92. The summed E-state index contributed by atoms with van der Waals surface area (Å²) in [5, 5.41) is 3.57. The molecule has 1 aliphatic heterocycles. The Morgan fingerprint density at radius 1 is 1.44 bits per heavy atom. The van der Waals surface area contributed by atoms with Crippen LogP contribution in [0, 0.1) is 0 Å². The molecule has 0 saturated carbocycles. The third kappa shape index (κ3) is 4.44. The molecule has 1 aliphatic rings. The van der Waals surface area contributed by atoms with Crippen molar-refractivity contribution in [3.05, 3.63) is 24.2 Å². The second kappa shape index (κ2) is 7.56. The molecule has 2 heterocycles. The summed E-state index contributed by atoms with van der Waals surface area (Å²) in [5.74, 6) is 1.03. The van der Waals surface area contributed by atoms with E-state index in [1.54, 1.807) is 13.4 Å². The third-order valence-electron chi connectivity index (χ3n) is 3.56. The Kier molecular flexibility index (Phi) is 5.71. The van der Waals surface area contributed by atoms with Crippen LogP contribution >= 0.6 is 0 Å². The van der Waals surface area contributed by atoms with E-state index in [-0.39, 0.29) is 0 Å². The summed E-state index contributed by atoms with van der Waals surface area (Å²) in [7, 11) is 1.77. The van der Waals surface area contributed by atoms with Gasteiger partial charge in [0.25, 0.3) is 0 Å². The van der Waals surface area contributed by atoms with E-state index >= 15 is 0 Å². The summed E-state index contributed by atoms with van der Waals surface area (Å²) in [4.78, 5) is 2.53. The Hall–Kier alpha value is -0.840. The highest BCUT2D eigenvalue weighted by molar-refractivity contribution is 4.98. The Labute approximate surface area is 109 Å². The maximum Gasteiger partial charge on any atom is 0.117 e. The number of likely N-dealkylation sites (tertiary alicyclic amines) is 1. The standard InChI is InChI=1S/C14H24N2O2/c1-17-10-3-7-16-8-5-13(6-9-16)15-12-14-4-2-11-18-14/h2,4,11,13,15H,3,5-10,12H2,1H3. The summed E-state index contributed by atoms with van der Waals surface area (Å²) >= 11 is 0. The fraction of sp³-hybridized carbons (Fsp3) is 0.714. The van der Waals surface area contributed by atoms with E-state index in [9.17, 15) is 0 Å². The minimum Gasteiger partial charge on any atom is -0.468 e. The molecule has 0 atom stereocenters. The number of furan rings is 1. The molecule has 2 rings (SSSR count). The van der Waals surface area contributed by atoms with E-state index in [0.717, 1.165) is 25.3 Å². The van der Waals surface area contributed by atoms with Crippen LogP contribution in [0.5, 0.6) is 0 Å². The van der Waals surface area contributed by atoms with Gasteiger partial charge in [0.2, 0.25) is 0 Å². The first-order valence-electron chi connectivity index (χ1n) is 6.85. The molecule has 1 fully saturated rings. The number of ether oxygens (including phenoxy) is 1. The van der Waals surface area contributed by atoms with Crippen molar-refractivity contribution in [3.63, 3.8) is 0 Å². The number of piperidine rings is 1. The van der Waals surface area contributed by atoms with Crippen molar-refractivity contribution in [1.82, 2.24) is 10.2 Å². The van der Waals surface area contributed by atoms with Gasteiger partial charge in [0.15, 0.2) is 0 Å². The van der Waals surface area contributed by atoms with Gasteiger partial charge in [-0.15, -0.1) is 0 Å². The van der Waals surface area contributed by atoms with Crippen molar-refractivity contribution in [2.45, 2.75) is 31.8 Å². The highest BCUT2D eigenvalue weighted by Crippen LogP contribution is 2.11. The highest BCUT2D eigenvalue weighted by atomic mass is 16.5. The molecular formula is C14H24N2O2. The van der Waals surface area contributed by atoms with Crippen LogP contribution in [0.1, 0.15) is 25.0 Å². The number of methoxy groups -OCH3 is 1. The summed E-state index contributed by atoms with van der Waals surface area (Å²) < 4.78 is 10.4. The highest BCUT2D eigenvalue weighted by Gasteiger charge is 2.18. The minimum atomic E-state index is 0.633. The van der Waals surface area contributed by atoms with Gasteiger partial charge in [-0.05, 0) is 44.5 Å². The molecule has 18 heavy (non-hydrogen) atoms. The zero-order chi connectivity index (χ0) is 12.6. The number of rotatable bonds is 7. The first-order valence-corrected chi connectivity index (χ1v) is 6.85. The second-order valence-corrected chi connectivity index (χ2v) is 4.92. The molecule has 1 saturated heterocycles. The molecule has 0 spiro atoms. The molecule has 0 bridgehead atoms. The van der Waals surface area contributed by atoms with Gasteiger partial charge in [0.1, 0.15) is 5.76 Å². The Morgan fingerprint density at radius 3 is 2.94 bits per heavy atom. The molecule has 0 radical (unpaired) electrons. The van der Waals surface area contributed by atoms with Crippen molar-refractivity contribution in [2.75, 3.05) is 33.4 Å². The summed E-state index contributed by atoms with van der Waals surface area (Å²) in [5.41, 5.74) is 0. The molecule has 4 heteroatoms. The van der Waals surface area contributed by atoms with Crippen LogP contribution in [0.2, 0.25) is 0 Å². The Balaban J connectivity index is 1.58. The van der Waals surface area contributed by atoms with E-state index in [4.69, 9.17) is 9.15 Å². The van der Waals surface area contributed by atoms with Crippen LogP contribution < -0.4 is 5.32 Å². The maximum atomic E-state index is 5.32. The van der Waals surface area contributed by atoms with Gasteiger partial charge >= 0.3 is 0 Å². The fourth-order valence-corrected chi connectivity index (χ4v) is 2.45. The van der Waals surface area contributed by atoms with Crippen molar-refractivity contribution < 1.29 is 9.15 Å². The first-order chi connectivity index (χ1) is 8.88. The van der Waals surface area contributed by atoms with E-state index in [1.807, 2.05) is 12.1 Å². The monoisotopic (exact) mass is 252 g/mol. The lowest BCUT2D eigenvalue weighted by Crippen LogP contribution is -2.42. The number of nitrogens with one attached hydrogen (secondary N) is 1. The van der Waals surface area contributed by atoms with Crippen LogP contribution in [0.4, 0.5) is 0 Å². The van der Waals surface area contributed by atoms with Crippen molar-refractivity contribution in [3.8, 4) is 0 Å². The molecule has 1 N–H and O–H groups in total. The molecule has 1 aromatic rings. The lowest BCUT2D eigenvalue weighted by molar-refractivity contribution is 0.152.